The molecular weight excluding hydrogens is 234 g/mol. The van der Waals surface area contributed by atoms with Gasteiger partial charge in [-0.05, 0) is 27.7 Å². The molecule has 0 aliphatic carbocycles. The summed E-state index contributed by atoms with van der Waals surface area (Å²) >= 11 is 0. The lowest BCUT2D eigenvalue weighted by Gasteiger charge is -2.18. The quantitative estimate of drug-likeness (QED) is 0.819. The van der Waals surface area contributed by atoms with E-state index in [2.05, 4.69) is 63.1 Å². The highest BCUT2D eigenvalue weighted by molar-refractivity contribution is 5.63. The molecule has 0 aliphatic rings. The van der Waals surface area contributed by atoms with E-state index in [1.165, 1.54) is 5.56 Å². The molecule has 3 nitrogen and oxygen atoms in total. The van der Waals surface area contributed by atoms with Crippen LogP contribution < -0.4 is 0 Å². The van der Waals surface area contributed by atoms with Gasteiger partial charge < -0.3 is 0 Å². The van der Waals surface area contributed by atoms with Gasteiger partial charge in [-0.1, -0.05) is 29.8 Å². The van der Waals surface area contributed by atoms with Gasteiger partial charge in [0.15, 0.2) is 0 Å². The van der Waals surface area contributed by atoms with Crippen LogP contribution >= 0.6 is 0 Å². The first kappa shape index (κ1) is 13.4. The molecule has 0 amide bonds. The van der Waals surface area contributed by atoms with Gasteiger partial charge in [0.1, 0.15) is 0 Å². The van der Waals surface area contributed by atoms with Gasteiger partial charge in [-0.3, -0.25) is 4.68 Å². The van der Waals surface area contributed by atoms with Gasteiger partial charge in [0, 0.05) is 17.3 Å². The molecule has 98 valence electrons. The van der Waals surface area contributed by atoms with E-state index < -0.39 is 0 Å². The molecule has 19 heavy (non-hydrogen) atoms. The second-order valence-electron chi connectivity index (χ2n) is 5.82. The standard InChI is InChI=1S/C16H19N3/c1-12-5-7-13(8-6-12)15-14(9-10-17)11-19(18-15)16(2,3)4/h5-8,11H,9H2,1-4H3. The third-order valence-electron chi connectivity index (χ3n) is 3.07. The molecule has 0 spiro atoms. The van der Waals surface area contributed by atoms with E-state index >= 15 is 0 Å². The van der Waals surface area contributed by atoms with Crippen molar-refractivity contribution in [1.82, 2.24) is 9.78 Å². The van der Waals surface area contributed by atoms with Crippen LogP contribution in [0.1, 0.15) is 31.9 Å². The van der Waals surface area contributed by atoms with Crippen molar-refractivity contribution >= 4 is 0 Å². The van der Waals surface area contributed by atoms with Gasteiger partial charge in [0.25, 0.3) is 0 Å². The summed E-state index contributed by atoms with van der Waals surface area (Å²) in [6.45, 7) is 8.38. The fourth-order valence-corrected chi connectivity index (χ4v) is 1.92. The van der Waals surface area contributed by atoms with Gasteiger partial charge >= 0.3 is 0 Å². The Morgan fingerprint density at radius 1 is 1.21 bits per heavy atom. The van der Waals surface area contributed by atoms with E-state index in [4.69, 9.17) is 5.26 Å². The summed E-state index contributed by atoms with van der Waals surface area (Å²) in [5.74, 6) is 0. The number of aromatic nitrogens is 2. The van der Waals surface area contributed by atoms with Crippen LogP contribution in [0.3, 0.4) is 0 Å². The lowest BCUT2D eigenvalue weighted by Crippen LogP contribution is -2.22. The largest absolute Gasteiger partial charge is 0.267 e. The molecule has 0 bridgehead atoms. The van der Waals surface area contributed by atoms with Crippen LogP contribution in [0, 0.1) is 18.3 Å². The van der Waals surface area contributed by atoms with Crippen LogP contribution in [0.4, 0.5) is 0 Å². The van der Waals surface area contributed by atoms with Gasteiger partial charge in [0.2, 0.25) is 0 Å². The Kier molecular flexibility index (Phi) is 3.44. The molecule has 0 radical (unpaired) electrons. The maximum absolute atomic E-state index is 8.96. The molecule has 0 saturated heterocycles. The highest BCUT2D eigenvalue weighted by atomic mass is 15.3. The molecule has 0 fully saturated rings. The van der Waals surface area contributed by atoms with E-state index in [-0.39, 0.29) is 5.54 Å². The van der Waals surface area contributed by atoms with Gasteiger partial charge in [-0.15, -0.1) is 0 Å². The summed E-state index contributed by atoms with van der Waals surface area (Å²) in [5, 5.41) is 13.6. The van der Waals surface area contributed by atoms with Crippen molar-refractivity contribution in [3.8, 4) is 17.3 Å². The molecule has 0 aliphatic heterocycles. The van der Waals surface area contributed by atoms with Crippen LogP contribution in [-0.2, 0) is 12.0 Å². The van der Waals surface area contributed by atoms with Crippen LogP contribution in [-0.4, -0.2) is 9.78 Å². The molecule has 0 saturated carbocycles. The zero-order chi connectivity index (χ0) is 14.0. The van der Waals surface area contributed by atoms with Crippen molar-refractivity contribution < 1.29 is 0 Å². The van der Waals surface area contributed by atoms with E-state index in [0.717, 1.165) is 16.8 Å². The van der Waals surface area contributed by atoms with Gasteiger partial charge in [-0.2, -0.15) is 10.4 Å². The van der Waals surface area contributed by atoms with Crippen LogP contribution in [0.2, 0.25) is 0 Å². The first-order valence-electron chi connectivity index (χ1n) is 6.45. The number of benzene rings is 1. The van der Waals surface area contributed by atoms with Crippen molar-refractivity contribution in [2.45, 2.75) is 39.7 Å². The Morgan fingerprint density at radius 2 is 1.84 bits per heavy atom. The van der Waals surface area contributed by atoms with E-state index in [1.807, 2.05) is 10.9 Å². The molecule has 0 N–H and O–H groups in total. The average Bonchev–Trinajstić information content (AvgIpc) is 2.74. The third kappa shape index (κ3) is 2.85. The minimum absolute atomic E-state index is 0.0762. The van der Waals surface area contributed by atoms with E-state index in [9.17, 15) is 0 Å². The lowest BCUT2D eigenvalue weighted by atomic mass is 10.1. The first-order valence-corrected chi connectivity index (χ1v) is 6.45. The van der Waals surface area contributed by atoms with Crippen LogP contribution in [0.5, 0.6) is 0 Å². The third-order valence-corrected chi connectivity index (χ3v) is 3.07. The molecule has 2 rings (SSSR count). The predicted octanol–water partition coefficient (Wildman–Crippen LogP) is 3.68. The zero-order valence-corrected chi connectivity index (χ0v) is 11.9. The summed E-state index contributed by atoms with van der Waals surface area (Å²) in [7, 11) is 0. The highest BCUT2D eigenvalue weighted by Gasteiger charge is 2.18. The van der Waals surface area contributed by atoms with E-state index in [0.29, 0.717) is 6.42 Å². The van der Waals surface area contributed by atoms with Crippen molar-refractivity contribution in [2.24, 2.45) is 0 Å². The first-order chi connectivity index (χ1) is 8.91. The number of hydrogen-bond donors (Lipinski definition) is 0. The Bertz CT molecular complexity index is 607. The normalized spacial score (nSPS) is 11.3. The average molecular weight is 253 g/mol. The number of hydrogen-bond acceptors (Lipinski definition) is 2. The summed E-state index contributed by atoms with van der Waals surface area (Å²) in [4.78, 5) is 0. The maximum Gasteiger partial charge on any atom is 0.0965 e. The zero-order valence-electron chi connectivity index (χ0n) is 11.9. The van der Waals surface area contributed by atoms with Crippen LogP contribution in [0.25, 0.3) is 11.3 Å². The lowest BCUT2D eigenvalue weighted by molar-refractivity contribution is 0.356. The molecular formula is C16H19N3. The summed E-state index contributed by atoms with van der Waals surface area (Å²) in [6, 6.07) is 10.5. The summed E-state index contributed by atoms with van der Waals surface area (Å²) in [6.07, 6.45) is 2.37. The highest BCUT2D eigenvalue weighted by Crippen LogP contribution is 2.25. The summed E-state index contributed by atoms with van der Waals surface area (Å²) in [5.41, 5.74) is 4.12. The smallest absolute Gasteiger partial charge is 0.0965 e. The number of rotatable bonds is 2. The molecule has 2 aromatic rings. The Hall–Kier alpha value is -2.08. The Labute approximate surface area is 114 Å². The number of aryl methyl sites for hydroxylation is 1. The molecule has 0 atom stereocenters. The number of nitrogens with zero attached hydrogens (tertiary/aromatic N) is 3. The number of nitriles is 1. The van der Waals surface area contributed by atoms with Crippen molar-refractivity contribution in [3.05, 3.63) is 41.6 Å². The molecule has 1 aromatic heterocycles. The molecule has 1 aromatic carbocycles. The topological polar surface area (TPSA) is 41.6 Å². The maximum atomic E-state index is 8.96. The predicted molar refractivity (Wildman–Crippen MR) is 76.7 cm³/mol. The van der Waals surface area contributed by atoms with Crippen molar-refractivity contribution in [1.29, 1.82) is 5.26 Å². The molecule has 0 unspecified atom stereocenters. The van der Waals surface area contributed by atoms with Crippen LogP contribution in [0.15, 0.2) is 30.5 Å². The molecule has 3 heteroatoms. The minimum atomic E-state index is -0.0762. The minimum Gasteiger partial charge on any atom is -0.267 e. The van der Waals surface area contributed by atoms with Crippen molar-refractivity contribution in [3.63, 3.8) is 0 Å². The SMILES string of the molecule is Cc1ccc(-c2nn(C(C)(C)C)cc2CC#N)cc1. The fourth-order valence-electron chi connectivity index (χ4n) is 1.92. The second kappa shape index (κ2) is 4.89. The van der Waals surface area contributed by atoms with Gasteiger partial charge in [0.05, 0.1) is 23.7 Å². The summed E-state index contributed by atoms with van der Waals surface area (Å²) < 4.78 is 1.94. The van der Waals surface area contributed by atoms with Gasteiger partial charge in [-0.25, -0.2) is 0 Å². The molecule has 1 heterocycles. The Balaban J connectivity index is 2.52. The fraction of sp³-hybridized carbons (Fsp3) is 0.375. The monoisotopic (exact) mass is 253 g/mol. The second-order valence-corrected chi connectivity index (χ2v) is 5.82. The van der Waals surface area contributed by atoms with E-state index in [1.54, 1.807) is 0 Å². The Morgan fingerprint density at radius 3 is 2.37 bits per heavy atom. The van der Waals surface area contributed by atoms with Crippen molar-refractivity contribution in [2.75, 3.05) is 0 Å².